The van der Waals surface area contributed by atoms with Gasteiger partial charge in [0.25, 0.3) is 11.1 Å². The Morgan fingerprint density at radius 3 is 2.75 bits per heavy atom. The fourth-order valence-corrected chi connectivity index (χ4v) is 3.98. The second-order valence-corrected chi connectivity index (χ2v) is 8.19. The highest BCUT2D eigenvalue weighted by Gasteiger charge is 2.34. The summed E-state index contributed by atoms with van der Waals surface area (Å²) < 4.78 is 11.8. The Hall–Kier alpha value is -2.09. The number of benzene rings is 2. The summed E-state index contributed by atoms with van der Waals surface area (Å²) in [6.45, 7) is 3.01. The highest BCUT2D eigenvalue weighted by molar-refractivity contribution is 9.10. The number of carbonyl (C=O) groups excluding carboxylic acids is 2. The highest BCUT2D eigenvalue weighted by atomic mass is 79.9. The second-order valence-electron chi connectivity index (χ2n) is 6.29. The van der Waals surface area contributed by atoms with E-state index in [1.54, 1.807) is 6.08 Å². The van der Waals surface area contributed by atoms with E-state index in [2.05, 4.69) is 22.0 Å². The number of aryl methyl sites for hydroxylation is 1. The Balaban J connectivity index is 1.81. The molecule has 1 heterocycles. The molecule has 1 fully saturated rings. The third-order valence-electron chi connectivity index (χ3n) is 4.13. The van der Waals surface area contributed by atoms with Crippen molar-refractivity contribution in [3.8, 4) is 5.75 Å². The third kappa shape index (κ3) is 5.04. The Kier molecular flexibility index (Phi) is 6.93. The predicted molar refractivity (Wildman–Crippen MR) is 114 cm³/mol. The second kappa shape index (κ2) is 9.41. The molecule has 2 aromatic rings. The van der Waals surface area contributed by atoms with Crippen LogP contribution in [0.3, 0.4) is 0 Å². The summed E-state index contributed by atoms with van der Waals surface area (Å²) in [5.41, 5.74) is 2.97. The minimum atomic E-state index is -0.309. The Labute approximate surface area is 176 Å². The fourth-order valence-electron chi connectivity index (χ4n) is 2.74. The summed E-state index contributed by atoms with van der Waals surface area (Å²) in [4.78, 5) is 26.2. The van der Waals surface area contributed by atoms with E-state index in [0.717, 1.165) is 27.4 Å². The van der Waals surface area contributed by atoms with Crippen LogP contribution in [0.2, 0.25) is 0 Å². The van der Waals surface area contributed by atoms with Crippen LogP contribution in [0.4, 0.5) is 4.79 Å². The molecule has 0 unspecified atom stereocenters. The molecule has 0 atom stereocenters. The van der Waals surface area contributed by atoms with Crippen molar-refractivity contribution in [3.63, 3.8) is 0 Å². The average molecular weight is 462 g/mol. The lowest BCUT2D eigenvalue weighted by Crippen LogP contribution is -2.31. The minimum absolute atomic E-state index is 0.244. The van der Waals surface area contributed by atoms with E-state index >= 15 is 0 Å². The summed E-state index contributed by atoms with van der Waals surface area (Å²) in [6.07, 6.45) is 1.70. The fraction of sp³-hybridized carbons (Fsp3) is 0.238. The number of rotatable bonds is 7. The number of halogens is 1. The van der Waals surface area contributed by atoms with Crippen LogP contribution in [0.25, 0.3) is 6.08 Å². The van der Waals surface area contributed by atoms with Gasteiger partial charge in [-0.1, -0.05) is 45.8 Å². The van der Waals surface area contributed by atoms with Crippen molar-refractivity contribution in [2.24, 2.45) is 0 Å². The van der Waals surface area contributed by atoms with Gasteiger partial charge in [-0.15, -0.1) is 0 Å². The predicted octanol–water partition coefficient (Wildman–Crippen LogP) is 5.02. The van der Waals surface area contributed by atoms with E-state index in [4.69, 9.17) is 9.47 Å². The van der Waals surface area contributed by atoms with Gasteiger partial charge in [-0.25, -0.2) is 0 Å². The average Bonchev–Trinajstić information content (AvgIpc) is 2.92. The maximum absolute atomic E-state index is 12.5. The van der Waals surface area contributed by atoms with E-state index in [9.17, 15) is 9.59 Å². The zero-order valence-corrected chi connectivity index (χ0v) is 18.0. The molecule has 1 aliphatic rings. The summed E-state index contributed by atoms with van der Waals surface area (Å²) in [5, 5.41) is -0.287. The number of thioether (sulfide) groups is 1. The van der Waals surface area contributed by atoms with Gasteiger partial charge in [-0.2, -0.15) is 0 Å². The molecule has 0 spiro atoms. The van der Waals surface area contributed by atoms with Crippen LogP contribution in [0.5, 0.6) is 5.75 Å². The Morgan fingerprint density at radius 1 is 1.18 bits per heavy atom. The lowest BCUT2D eigenvalue weighted by Gasteiger charge is -2.12. The molecule has 0 radical (unpaired) electrons. The highest BCUT2D eigenvalue weighted by Crippen LogP contribution is 2.35. The Bertz CT molecular complexity index is 928. The molecule has 28 heavy (non-hydrogen) atoms. The summed E-state index contributed by atoms with van der Waals surface area (Å²) in [7, 11) is 1.54. The molecule has 2 aromatic carbocycles. The number of carbonyl (C=O) groups is 2. The van der Waals surface area contributed by atoms with Crippen molar-refractivity contribution in [3.05, 3.63) is 68.5 Å². The number of ether oxygens (including phenoxy) is 2. The monoisotopic (exact) mass is 461 g/mol. The van der Waals surface area contributed by atoms with Crippen molar-refractivity contribution >= 4 is 44.9 Å². The molecule has 146 valence electrons. The maximum Gasteiger partial charge on any atom is 0.293 e. The van der Waals surface area contributed by atoms with Gasteiger partial charge in [0.05, 0.1) is 18.1 Å². The van der Waals surface area contributed by atoms with Gasteiger partial charge in [0.1, 0.15) is 12.4 Å². The molecule has 3 rings (SSSR count). The molecule has 0 aromatic heterocycles. The van der Waals surface area contributed by atoms with Crippen molar-refractivity contribution in [1.82, 2.24) is 4.90 Å². The number of nitrogens with zero attached hydrogens (tertiary/aromatic N) is 1. The van der Waals surface area contributed by atoms with Gasteiger partial charge in [-0.3, -0.25) is 14.5 Å². The molecule has 5 nitrogen and oxygen atoms in total. The molecular formula is C21H20BrNO4S. The molecule has 2 amide bonds. The lowest BCUT2D eigenvalue weighted by molar-refractivity contribution is -0.123. The van der Waals surface area contributed by atoms with Gasteiger partial charge in [0, 0.05) is 17.1 Å². The first-order chi connectivity index (χ1) is 13.5. The van der Waals surface area contributed by atoms with Crippen molar-refractivity contribution < 1.29 is 19.1 Å². The zero-order valence-electron chi connectivity index (χ0n) is 15.6. The van der Waals surface area contributed by atoms with Crippen LogP contribution < -0.4 is 4.74 Å². The largest absolute Gasteiger partial charge is 0.488 e. The van der Waals surface area contributed by atoms with Crippen molar-refractivity contribution in [1.29, 1.82) is 0 Å². The molecule has 0 aliphatic carbocycles. The van der Waals surface area contributed by atoms with Gasteiger partial charge < -0.3 is 9.47 Å². The SMILES string of the molecule is COCCN1C(=O)S/C(=C/c2cc(Br)ccc2OCc2cccc(C)c2)C1=O. The molecule has 1 saturated heterocycles. The van der Waals surface area contributed by atoms with Crippen LogP contribution in [0.15, 0.2) is 51.8 Å². The Morgan fingerprint density at radius 2 is 2.00 bits per heavy atom. The molecular weight excluding hydrogens is 442 g/mol. The van der Waals surface area contributed by atoms with Gasteiger partial charge in [-0.05, 0) is 48.5 Å². The van der Waals surface area contributed by atoms with Crippen LogP contribution >= 0.6 is 27.7 Å². The molecule has 0 N–H and O–H groups in total. The molecule has 0 saturated carbocycles. The quantitative estimate of drug-likeness (QED) is 0.541. The number of hydrogen-bond donors (Lipinski definition) is 0. The van der Waals surface area contributed by atoms with Gasteiger partial charge in [0.15, 0.2) is 0 Å². The first-order valence-corrected chi connectivity index (χ1v) is 10.3. The van der Waals surface area contributed by atoms with Crippen LogP contribution in [-0.2, 0) is 16.1 Å². The number of hydrogen-bond acceptors (Lipinski definition) is 5. The minimum Gasteiger partial charge on any atom is -0.488 e. The zero-order chi connectivity index (χ0) is 20.1. The smallest absolute Gasteiger partial charge is 0.293 e. The van der Waals surface area contributed by atoms with E-state index in [0.29, 0.717) is 23.9 Å². The van der Waals surface area contributed by atoms with Crippen LogP contribution in [0, 0.1) is 6.92 Å². The number of imide groups is 1. The lowest BCUT2D eigenvalue weighted by atomic mass is 10.1. The maximum atomic E-state index is 12.5. The normalized spacial score (nSPS) is 15.5. The van der Waals surface area contributed by atoms with Crippen LogP contribution in [-0.4, -0.2) is 36.3 Å². The van der Waals surface area contributed by atoms with Crippen molar-refractivity contribution in [2.75, 3.05) is 20.3 Å². The molecule has 7 heteroatoms. The van der Waals surface area contributed by atoms with Gasteiger partial charge >= 0.3 is 0 Å². The number of methoxy groups -OCH3 is 1. The van der Waals surface area contributed by atoms with E-state index in [1.165, 1.54) is 17.6 Å². The molecule has 0 bridgehead atoms. The third-order valence-corrected chi connectivity index (χ3v) is 5.53. The summed E-state index contributed by atoms with van der Waals surface area (Å²) in [5.74, 6) is 0.338. The van der Waals surface area contributed by atoms with E-state index in [1.807, 2.05) is 43.3 Å². The van der Waals surface area contributed by atoms with Gasteiger partial charge in [0.2, 0.25) is 0 Å². The topological polar surface area (TPSA) is 55.8 Å². The molecule has 1 aliphatic heterocycles. The summed E-state index contributed by atoms with van der Waals surface area (Å²) >= 11 is 4.38. The standard InChI is InChI=1S/C21H20BrNO4S/c1-14-4-3-5-15(10-14)13-27-18-7-6-17(22)11-16(18)12-19-20(24)23(8-9-26-2)21(25)28-19/h3-7,10-12H,8-9,13H2,1-2H3/b19-12+. The number of amides is 2. The van der Waals surface area contributed by atoms with Crippen LogP contribution in [0.1, 0.15) is 16.7 Å². The van der Waals surface area contributed by atoms with E-state index in [-0.39, 0.29) is 17.7 Å². The first-order valence-electron chi connectivity index (χ1n) is 8.70. The van der Waals surface area contributed by atoms with Crippen molar-refractivity contribution in [2.45, 2.75) is 13.5 Å². The first kappa shape index (κ1) is 20.6. The summed E-state index contributed by atoms with van der Waals surface area (Å²) in [6, 6.07) is 13.7. The van der Waals surface area contributed by atoms with E-state index < -0.39 is 0 Å².